The Kier molecular flexibility index (Phi) is 5.61. The van der Waals surface area contributed by atoms with Crippen molar-refractivity contribution in [3.8, 4) is 0 Å². The number of halogens is 1. The molecule has 1 aliphatic heterocycles. The molecule has 2 heterocycles. The number of fused-ring (bicyclic) bond motifs is 1. The molecule has 3 rings (SSSR count). The zero-order valence-electron chi connectivity index (χ0n) is 16.4. The molecule has 0 saturated heterocycles. The number of H-pyrrole nitrogens is 1. The van der Waals surface area contributed by atoms with Gasteiger partial charge in [-0.3, -0.25) is 9.89 Å². The van der Waals surface area contributed by atoms with Crippen LogP contribution in [-0.4, -0.2) is 61.3 Å². The normalized spacial score (nSPS) is 26.2. The second-order valence-electron chi connectivity index (χ2n) is 8.08. The molecule has 2 amide bonds. The first-order chi connectivity index (χ1) is 13.1. The summed E-state index contributed by atoms with van der Waals surface area (Å²) < 4.78 is 10.6. The van der Waals surface area contributed by atoms with Crippen LogP contribution in [0.25, 0.3) is 0 Å². The van der Waals surface area contributed by atoms with Crippen LogP contribution >= 0.6 is 22.6 Å². The summed E-state index contributed by atoms with van der Waals surface area (Å²) in [5.74, 6) is -1.44. The Morgan fingerprint density at radius 2 is 2.11 bits per heavy atom. The van der Waals surface area contributed by atoms with Crippen LogP contribution in [0.15, 0.2) is 6.20 Å². The predicted molar refractivity (Wildman–Crippen MR) is 108 cm³/mol. The van der Waals surface area contributed by atoms with E-state index in [-0.39, 0.29) is 23.0 Å². The molecule has 1 saturated carbocycles. The molecule has 0 bridgehead atoms. The number of alkyl halides is 1. The van der Waals surface area contributed by atoms with Gasteiger partial charge >= 0.3 is 12.1 Å². The Bertz CT molecular complexity index is 789. The quantitative estimate of drug-likeness (QED) is 0.368. The Morgan fingerprint density at radius 1 is 1.43 bits per heavy atom. The fourth-order valence-corrected chi connectivity index (χ4v) is 4.30. The van der Waals surface area contributed by atoms with Gasteiger partial charge in [0.1, 0.15) is 5.60 Å². The summed E-state index contributed by atoms with van der Waals surface area (Å²) in [6.45, 7) is 7.80. The second-order valence-corrected chi connectivity index (χ2v) is 9.58. The van der Waals surface area contributed by atoms with E-state index in [2.05, 4.69) is 38.1 Å². The molecule has 1 unspecified atom stereocenters. The lowest BCUT2D eigenvalue weighted by atomic mass is 9.95. The fraction of sp³-hybridized carbons (Fsp3) is 0.667. The number of nitrogens with zero attached hydrogens (tertiary/aromatic N) is 2. The Hall–Kier alpha value is -1.85. The zero-order valence-corrected chi connectivity index (χ0v) is 18.5. The van der Waals surface area contributed by atoms with Crippen molar-refractivity contribution in [3.05, 3.63) is 17.5 Å². The molecule has 1 aliphatic carbocycles. The third-order valence-corrected chi connectivity index (χ3v) is 6.20. The van der Waals surface area contributed by atoms with Gasteiger partial charge in [0, 0.05) is 16.0 Å². The average Bonchev–Trinajstić information content (AvgIpc) is 3.03. The van der Waals surface area contributed by atoms with E-state index in [9.17, 15) is 14.4 Å². The number of amides is 2. The summed E-state index contributed by atoms with van der Waals surface area (Å²) in [5, 5.41) is 9.74. The van der Waals surface area contributed by atoms with Crippen LogP contribution in [0, 0.1) is 0 Å². The second kappa shape index (κ2) is 7.53. The van der Waals surface area contributed by atoms with Crippen LogP contribution in [0.3, 0.4) is 0 Å². The smallest absolute Gasteiger partial charge is 0.410 e. The molecule has 0 aromatic carbocycles. The average molecular weight is 504 g/mol. The van der Waals surface area contributed by atoms with Crippen molar-refractivity contribution in [1.82, 2.24) is 20.4 Å². The van der Waals surface area contributed by atoms with Gasteiger partial charge in [0.15, 0.2) is 5.54 Å². The van der Waals surface area contributed by atoms with E-state index in [1.807, 2.05) is 0 Å². The van der Waals surface area contributed by atoms with Crippen molar-refractivity contribution in [1.29, 1.82) is 0 Å². The standard InChI is InChI=1S/C18H25IN4O5/c1-5-27-15(25)18(6-12(18)19)21-14(24)11-9-23(16(26)28-17(2,3)4)8-10-7-20-22-13(10)11/h7,11-12H,5-6,8-9H2,1-4H3,(H,20,22)(H,21,24)/t11?,12-,18-/m1/s1. The molecule has 1 aromatic rings. The van der Waals surface area contributed by atoms with Gasteiger partial charge in [-0.25, -0.2) is 9.59 Å². The van der Waals surface area contributed by atoms with Gasteiger partial charge in [-0.1, -0.05) is 22.6 Å². The number of nitrogens with one attached hydrogen (secondary N) is 2. The summed E-state index contributed by atoms with van der Waals surface area (Å²) in [4.78, 5) is 39.4. The van der Waals surface area contributed by atoms with Crippen molar-refractivity contribution in [2.45, 2.75) is 61.6 Å². The first kappa shape index (κ1) is 20.9. The number of aromatic nitrogens is 2. The number of carbonyl (C=O) groups is 3. The number of hydrogen-bond donors (Lipinski definition) is 2. The predicted octanol–water partition coefficient (Wildman–Crippen LogP) is 1.87. The molecule has 154 valence electrons. The molecule has 2 aliphatic rings. The van der Waals surface area contributed by atoms with Gasteiger partial charge in [-0.2, -0.15) is 5.10 Å². The van der Waals surface area contributed by atoms with Gasteiger partial charge in [0.2, 0.25) is 5.91 Å². The van der Waals surface area contributed by atoms with E-state index < -0.39 is 29.1 Å². The molecular weight excluding hydrogens is 479 g/mol. The lowest BCUT2D eigenvalue weighted by molar-refractivity contribution is -0.148. The number of aromatic amines is 1. The third-order valence-electron chi connectivity index (χ3n) is 4.69. The fourth-order valence-electron chi connectivity index (χ4n) is 3.19. The van der Waals surface area contributed by atoms with Crippen molar-refractivity contribution in [3.63, 3.8) is 0 Å². The number of ether oxygens (including phenoxy) is 2. The van der Waals surface area contributed by atoms with Crippen LogP contribution in [0.1, 0.15) is 51.3 Å². The maximum atomic E-state index is 13.1. The van der Waals surface area contributed by atoms with Gasteiger partial charge < -0.3 is 19.7 Å². The van der Waals surface area contributed by atoms with Crippen LogP contribution in [0.4, 0.5) is 4.79 Å². The summed E-state index contributed by atoms with van der Waals surface area (Å²) in [7, 11) is 0. The lowest BCUT2D eigenvalue weighted by Crippen LogP contribution is -2.51. The Morgan fingerprint density at radius 3 is 2.68 bits per heavy atom. The summed E-state index contributed by atoms with van der Waals surface area (Å²) in [6, 6.07) is 0. The molecule has 0 radical (unpaired) electrons. The number of carbonyl (C=O) groups excluding carboxylic acids is 3. The minimum atomic E-state index is -0.998. The molecule has 0 spiro atoms. The van der Waals surface area contributed by atoms with Crippen molar-refractivity contribution in [2.75, 3.05) is 13.2 Å². The maximum absolute atomic E-state index is 13.1. The Labute approximate surface area is 177 Å². The topological polar surface area (TPSA) is 114 Å². The third kappa shape index (κ3) is 4.11. The molecule has 10 heteroatoms. The zero-order chi connectivity index (χ0) is 20.7. The van der Waals surface area contributed by atoms with E-state index in [0.29, 0.717) is 18.7 Å². The van der Waals surface area contributed by atoms with E-state index in [1.54, 1.807) is 33.9 Å². The molecule has 1 aromatic heterocycles. The highest BCUT2D eigenvalue weighted by atomic mass is 127. The van der Waals surface area contributed by atoms with E-state index >= 15 is 0 Å². The van der Waals surface area contributed by atoms with Crippen LogP contribution in [0.2, 0.25) is 0 Å². The molecule has 3 atom stereocenters. The van der Waals surface area contributed by atoms with Gasteiger partial charge in [0.05, 0.1) is 31.0 Å². The highest BCUT2D eigenvalue weighted by Crippen LogP contribution is 2.45. The summed E-state index contributed by atoms with van der Waals surface area (Å²) in [6.07, 6.45) is 1.64. The monoisotopic (exact) mass is 504 g/mol. The maximum Gasteiger partial charge on any atom is 0.410 e. The highest BCUT2D eigenvalue weighted by Gasteiger charge is 2.62. The molecule has 2 N–H and O–H groups in total. The number of hydrogen-bond acceptors (Lipinski definition) is 6. The largest absolute Gasteiger partial charge is 0.464 e. The van der Waals surface area contributed by atoms with Crippen molar-refractivity contribution < 1.29 is 23.9 Å². The molecule has 28 heavy (non-hydrogen) atoms. The van der Waals surface area contributed by atoms with Crippen LogP contribution < -0.4 is 5.32 Å². The number of rotatable bonds is 4. The summed E-state index contributed by atoms with van der Waals surface area (Å²) >= 11 is 2.14. The van der Waals surface area contributed by atoms with Gasteiger partial charge in [-0.05, 0) is 34.1 Å². The lowest BCUT2D eigenvalue weighted by Gasteiger charge is -2.33. The van der Waals surface area contributed by atoms with Crippen LogP contribution in [-0.2, 0) is 25.6 Å². The highest BCUT2D eigenvalue weighted by molar-refractivity contribution is 14.1. The minimum Gasteiger partial charge on any atom is -0.464 e. The minimum absolute atomic E-state index is 0.0279. The SMILES string of the molecule is CCOC(=O)[C@@]1(NC(=O)C2CN(C(=O)OC(C)(C)C)Cc3cn[nH]c32)C[C@H]1I. The molecular formula is C18H25IN4O5. The molecule has 9 nitrogen and oxygen atoms in total. The van der Waals surface area contributed by atoms with Crippen molar-refractivity contribution in [2.24, 2.45) is 0 Å². The van der Waals surface area contributed by atoms with Crippen LogP contribution in [0.5, 0.6) is 0 Å². The first-order valence-electron chi connectivity index (χ1n) is 9.20. The van der Waals surface area contributed by atoms with E-state index in [4.69, 9.17) is 9.47 Å². The van der Waals surface area contributed by atoms with E-state index in [1.165, 1.54) is 4.90 Å². The van der Waals surface area contributed by atoms with Gasteiger partial charge in [0.25, 0.3) is 0 Å². The van der Waals surface area contributed by atoms with Crippen molar-refractivity contribution >= 4 is 40.6 Å². The first-order valence-corrected chi connectivity index (χ1v) is 10.5. The Balaban J connectivity index is 1.78. The molecule has 1 fully saturated rings. The van der Waals surface area contributed by atoms with Gasteiger partial charge in [-0.15, -0.1) is 0 Å². The van der Waals surface area contributed by atoms with E-state index in [0.717, 1.165) is 5.56 Å². The number of esters is 1. The summed E-state index contributed by atoms with van der Waals surface area (Å²) in [5.41, 5.74) is -0.226.